The van der Waals surface area contributed by atoms with E-state index in [1.165, 1.54) is 11.3 Å². The number of benzene rings is 1. The molecule has 0 aliphatic rings. The number of aromatic nitrogens is 1. The summed E-state index contributed by atoms with van der Waals surface area (Å²) in [5.74, 6) is 0.772. The van der Waals surface area contributed by atoms with E-state index < -0.39 is 0 Å². The first-order valence-electron chi connectivity index (χ1n) is 4.80. The van der Waals surface area contributed by atoms with Crippen LogP contribution in [0.5, 0.6) is 5.75 Å². The molecule has 0 saturated carbocycles. The van der Waals surface area contributed by atoms with Gasteiger partial charge in [-0.05, 0) is 19.1 Å². The number of hydrogen-bond acceptors (Lipinski definition) is 4. The maximum atomic E-state index is 10.6. The van der Waals surface area contributed by atoms with Crippen molar-refractivity contribution in [2.45, 2.75) is 6.92 Å². The van der Waals surface area contributed by atoms with Crippen molar-refractivity contribution in [3.63, 3.8) is 0 Å². The number of thiazole rings is 1. The van der Waals surface area contributed by atoms with Crippen molar-refractivity contribution in [1.29, 1.82) is 0 Å². The number of methoxy groups -OCH3 is 1. The molecule has 0 atom stereocenters. The second-order valence-electron chi connectivity index (χ2n) is 3.39. The Balaban J connectivity index is 2.53. The van der Waals surface area contributed by atoms with E-state index in [1.54, 1.807) is 7.11 Å². The molecule has 16 heavy (non-hydrogen) atoms. The molecule has 2 aromatic rings. The third kappa shape index (κ3) is 1.97. The molecule has 4 heteroatoms. The molecule has 1 aromatic heterocycles. The molecule has 0 bridgehead atoms. The molecular weight excluding hydrogens is 222 g/mol. The fraction of sp³-hybridized carbons (Fsp3) is 0.167. The molecule has 0 saturated heterocycles. The molecule has 3 nitrogen and oxygen atoms in total. The van der Waals surface area contributed by atoms with E-state index in [-0.39, 0.29) is 0 Å². The number of aryl methyl sites for hydroxylation is 1. The SMILES string of the molecule is COc1ccc(C)cc1-c1csc(C=O)n1. The zero-order valence-corrected chi connectivity index (χ0v) is 9.88. The Bertz CT molecular complexity index is 519. The van der Waals surface area contributed by atoms with Crippen LogP contribution in [0.25, 0.3) is 11.3 Å². The van der Waals surface area contributed by atoms with E-state index in [0.717, 1.165) is 28.9 Å². The minimum atomic E-state index is 0.485. The third-order valence-corrected chi connectivity index (χ3v) is 3.02. The van der Waals surface area contributed by atoms with Gasteiger partial charge < -0.3 is 4.74 Å². The molecule has 1 aromatic carbocycles. The average molecular weight is 233 g/mol. The molecule has 0 unspecified atom stereocenters. The summed E-state index contributed by atoms with van der Waals surface area (Å²) >= 11 is 1.33. The summed E-state index contributed by atoms with van der Waals surface area (Å²) in [7, 11) is 1.63. The van der Waals surface area contributed by atoms with Crippen molar-refractivity contribution >= 4 is 17.6 Å². The number of nitrogens with zero attached hydrogens (tertiary/aromatic N) is 1. The fourth-order valence-electron chi connectivity index (χ4n) is 1.49. The van der Waals surface area contributed by atoms with Crippen LogP contribution in [-0.2, 0) is 0 Å². The van der Waals surface area contributed by atoms with Gasteiger partial charge in [0, 0.05) is 10.9 Å². The topological polar surface area (TPSA) is 39.2 Å². The van der Waals surface area contributed by atoms with Crippen LogP contribution >= 0.6 is 11.3 Å². The number of hydrogen-bond donors (Lipinski definition) is 0. The average Bonchev–Trinajstić information content (AvgIpc) is 2.77. The predicted octanol–water partition coefficient (Wildman–Crippen LogP) is 2.94. The Morgan fingerprint density at radius 1 is 1.44 bits per heavy atom. The van der Waals surface area contributed by atoms with E-state index in [2.05, 4.69) is 4.98 Å². The smallest absolute Gasteiger partial charge is 0.178 e. The number of carbonyl (C=O) groups is 1. The van der Waals surface area contributed by atoms with Crippen molar-refractivity contribution in [1.82, 2.24) is 4.98 Å². The number of carbonyl (C=O) groups excluding carboxylic acids is 1. The fourth-order valence-corrected chi connectivity index (χ4v) is 2.11. The van der Waals surface area contributed by atoms with Crippen molar-refractivity contribution in [3.8, 4) is 17.0 Å². The summed E-state index contributed by atoms with van der Waals surface area (Å²) in [6.45, 7) is 2.01. The minimum Gasteiger partial charge on any atom is -0.496 e. The van der Waals surface area contributed by atoms with Crippen LogP contribution < -0.4 is 4.74 Å². The Morgan fingerprint density at radius 2 is 2.25 bits per heavy atom. The van der Waals surface area contributed by atoms with Gasteiger partial charge >= 0.3 is 0 Å². The molecule has 0 fully saturated rings. The third-order valence-electron chi connectivity index (χ3n) is 2.25. The normalized spacial score (nSPS) is 10.1. The first-order valence-corrected chi connectivity index (χ1v) is 5.68. The lowest BCUT2D eigenvalue weighted by Gasteiger charge is -2.06. The maximum Gasteiger partial charge on any atom is 0.178 e. The Kier molecular flexibility index (Phi) is 3.01. The van der Waals surface area contributed by atoms with Crippen LogP contribution in [0.2, 0.25) is 0 Å². The highest BCUT2D eigenvalue weighted by atomic mass is 32.1. The summed E-state index contributed by atoms with van der Waals surface area (Å²) in [6.07, 6.45) is 0.760. The van der Waals surface area contributed by atoms with Crippen molar-refractivity contribution in [2.75, 3.05) is 7.11 Å². The molecule has 2 rings (SSSR count). The van der Waals surface area contributed by atoms with Gasteiger partial charge in [-0.1, -0.05) is 11.6 Å². The Morgan fingerprint density at radius 3 is 2.88 bits per heavy atom. The second kappa shape index (κ2) is 4.45. The summed E-state index contributed by atoms with van der Waals surface area (Å²) < 4.78 is 5.27. The lowest BCUT2D eigenvalue weighted by molar-refractivity contribution is 0.112. The van der Waals surface area contributed by atoms with Gasteiger partial charge in [0.15, 0.2) is 11.3 Å². The summed E-state index contributed by atoms with van der Waals surface area (Å²) in [4.78, 5) is 14.8. The quantitative estimate of drug-likeness (QED) is 0.765. The highest BCUT2D eigenvalue weighted by Crippen LogP contribution is 2.31. The van der Waals surface area contributed by atoms with Gasteiger partial charge in [-0.15, -0.1) is 11.3 Å². The van der Waals surface area contributed by atoms with Crippen LogP contribution in [0.3, 0.4) is 0 Å². The van der Waals surface area contributed by atoms with Gasteiger partial charge in [0.25, 0.3) is 0 Å². The van der Waals surface area contributed by atoms with E-state index in [0.29, 0.717) is 5.01 Å². The van der Waals surface area contributed by atoms with Crippen LogP contribution in [0, 0.1) is 6.92 Å². The van der Waals surface area contributed by atoms with E-state index in [4.69, 9.17) is 4.74 Å². The van der Waals surface area contributed by atoms with Crippen molar-refractivity contribution < 1.29 is 9.53 Å². The first-order chi connectivity index (χ1) is 7.74. The van der Waals surface area contributed by atoms with E-state index >= 15 is 0 Å². The largest absolute Gasteiger partial charge is 0.496 e. The number of rotatable bonds is 3. The van der Waals surface area contributed by atoms with Gasteiger partial charge in [0.1, 0.15) is 5.75 Å². The first kappa shape index (κ1) is 10.8. The zero-order valence-electron chi connectivity index (χ0n) is 9.06. The summed E-state index contributed by atoms with van der Waals surface area (Å²) in [5.41, 5.74) is 2.84. The second-order valence-corrected chi connectivity index (χ2v) is 4.28. The molecule has 0 aliphatic carbocycles. The van der Waals surface area contributed by atoms with Crippen molar-refractivity contribution in [2.24, 2.45) is 0 Å². The lowest BCUT2D eigenvalue weighted by atomic mass is 10.1. The van der Waals surface area contributed by atoms with Crippen LogP contribution in [-0.4, -0.2) is 18.4 Å². The van der Waals surface area contributed by atoms with Crippen LogP contribution in [0.15, 0.2) is 23.6 Å². The lowest BCUT2D eigenvalue weighted by Crippen LogP contribution is -1.89. The van der Waals surface area contributed by atoms with Gasteiger partial charge in [0.2, 0.25) is 0 Å². The van der Waals surface area contributed by atoms with E-state index in [9.17, 15) is 4.79 Å². The highest BCUT2D eigenvalue weighted by Gasteiger charge is 2.09. The number of aldehydes is 1. The van der Waals surface area contributed by atoms with Gasteiger partial charge in [0.05, 0.1) is 12.8 Å². The molecule has 0 aliphatic heterocycles. The summed E-state index contributed by atoms with van der Waals surface area (Å²) in [5, 5.41) is 2.35. The summed E-state index contributed by atoms with van der Waals surface area (Å²) in [6, 6.07) is 5.89. The van der Waals surface area contributed by atoms with Gasteiger partial charge in [-0.2, -0.15) is 0 Å². The highest BCUT2D eigenvalue weighted by molar-refractivity contribution is 7.11. The Hall–Kier alpha value is -1.68. The molecule has 0 amide bonds. The van der Waals surface area contributed by atoms with Crippen molar-refractivity contribution in [3.05, 3.63) is 34.2 Å². The van der Waals surface area contributed by atoms with Gasteiger partial charge in [-0.25, -0.2) is 4.98 Å². The standard InChI is InChI=1S/C12H11NO2S/c1-8-3-4-11(15-2)9(5-8)10-7-16-12(6-14)13-10/h3-7H,1-2H3. The molecule has 0 radical (unpaired) electrons. The maximum absolute atomic E-state index is 10.6. The monoisotopic (exact) mass is 233 g/mol. The zero-order chi connectivity index (χ0) is 11.5. The molecule has 1 heterocycles. The van der Waals surface area contributed by atoms with Gasteiger partial charge in [-0.3, -0.25) is 4.79 Å². The number of ether oxygens (including phenoxy) is 1. The minimum absolute atomic E-state index is 0.485. The Labute approximate surface area is 97.7 Å². The van der Waals surface area contributed by atoms with Crippen LogP contribution in [0.4, 0.5) is 0 Å². The van der Waals surface area contributed by atoms with Crippen LogP contribution in [0.1, 0.15) is 15.4 Å². The predicted molar refractivity (Wildman–Crippen MR) is 64.2 cm³/mol. The molecule has 0 N–H and O–H groups in total. The molecule has 0 spiro atoms. The van der Waals surface area contributed by atoms with E-state index in [1.807, 2.05) is 30.5 Å². The molecular formula is C12H11NO2S. The molecule has 82 valence electrons.